The third-order valence-electron chi connectivity index (χ3n) is 7.09. The number of para-hydroxylation sites is 3. The van der Waals surface area contributed by atoms with E-state index in [4.69, 9.17) is 14.1 Å². The van der Waals surface area contributed by atoms with Crippen molar-refractivity contribution >= 4 is 49.4 Å². The first-order chi connectivity index (χ1) is 19.9. The van der Waals surface area contributed by atoms with E-state index >= 15 is 0 Å². The maximum absolute atomic E-state index is 10.6. The molecule has 190 valence electrons. The molecule has 4 aromatic carbocycles. The molecule has 0 aliphatic carbocycles. The van der Waals surface area contributed by atoms with E-state index in [-0.39, 0.29) is 32.4 Å². The van der Waals surface area contributed by atoms with Gasteiger partial charge >= 0.3 is 0 Å². The van der Waals surface area contributed by atoms with Gasteiger partial charge in [-0.05, 0) is 54.2 Å². The monoisotopic (exact) mass is 688 g/mol. The minimum atomic E-state index is -2.37. The summed E-state index contributed by atoms with van der Waals surface area (Å²) >= 11 is 0. The molecule has 0 saturated carbocycles. The largest absolute Gasteiger partial charge is 0.507 e. The normalized spacial score (nSPS) is 13.1. The summed E-state index contributed by atoms with van der Waals surface area (Å²) < 4.78 is 28.6. The Morgan fingerprint density at radius 3 is 2.64 bits per heavy atom. The number of imidazole rings is 1. The number of aromatic hydroxyl groups is 1. The molecule has 0 amide bonds. The summed E-state index contributed by atoms with van der Waals surface area (Å²) in [5.74, 6) is 0.567. The van der Waals surface area contributed by atoms with Crippen LogP contribution >= 0.6 is 0 Å². The number of nitrogens with zero attached hydrogens (tertiary/aromatic N) is 5. The maximum Gasteiger partial charge on any atom is 0.152 e. The fourth-order valence-corrected chi connectivity index (χ4v) is 5.46. The molecule has 0 saturated heterocycles. The fourth-order valence-electron chi connectivity index (χ4n) is 5.46. The summed E-state index contributed by atoms with van der Waals surface area (Å²) in [6.07, 6.45) is 1.68. The molecule has 0 bridgehead atoms. The molecule has 0 fully saturated rings. The van der Waals surface area contributed by atoms with Gasteiger partial charge in [-0.2, -0.15) is 24.3 Å². The van der Waals surface area contributed by atoms with Gasteiger partial charge in [-0.3, -0.25) is 4.40 Å². The smallest absolute Gasteiger partial charge is 0.152 e. The van der Waals surface area contributed by atoms with E-state index in [1.165, 1.54) is 0 Å². The number of phenols is 1. The third kappa shape index (κ3) is 3.42. The molecule has 0 unspecified atom stereocenters. The van der Waals surface area contributed by atoms with Crippen LogP contribution in [0.15, 0.2) is 97.3 Å². The van der Waals surface area contributed by atoms with Crippen LogP contribution in [0.3, 0.4) is 0 Å². The van der Waals surface area contributed by atoms with Gasteiger partial charge < -0.3 is 9.67 Å². The van der Waals surface area contributed by atoms with E-state index in [1.807, 2.05) is 75.7 Å². The Bertz CT molecular complexity index is 2290. The predicted octanol–water partition coefficient (Wildman–Crippen LogP) is 7.01. The van der Waals surface area contributed by atoms with E-state index in [0.29, 0.717) is 39.1 Å². The molecule has 39 heavy (non-hydrogen) atoms. The Labute approximate surface area is 241 Å². The van der Waals surface area contributed by atoms with Gasteiger partial charge in [0, 0.05) is 36.3 Å². The van der Waals surface area contributed by atoms with Gasteiger partial charge in [-0.25, -0.2) is 15.0 Å². The van der Waals surface area contributed by atoms with Crippen molar-refractivity contribution in [3.63, 3.8) is 0 Å². The van der Waals surface area contributed by atoms with E-state index in [1.54, 1.807) is 30.6 Å². The van der Waals surface area contributed by atoms with Crippen molar-refractivity contribution < 1.29 is 30.3 Å². The van der Waals surface area contributed by atoms with Gasteiger partial charge in [-0.15, -0.1) is 5.39 Å². The fraction of sp³-hybridized carbons (Fsp3) is 0.0312. The molecule has 0 aliphatic rings. The zero-order valence-corrected chi connectivity index (χ0v) is 22.5. The average molecular weight is 689 g/mol. The number of aromatic nitrogens is 5. The summed E-state index contributed by atoms with van der Waals surface area (Å²) in [6, 6.07) is 31.2. The minimum Gasteiger partial charge on any atom is -0.507 e. The summed E-state index contributed by atoms with van der Waals surface area (Å²) in [5.41, 5.74) is 5.62. The first kappa shape index (κ1) is 20.4. The van der Waals surface area contributed by atoms with Crippen molar-refractivity contribution in [1.82, 2.24) is 23.9 Å². The predicted molar refractivity (Wildman–Crippen MR) is 151 cm³/mol. The Morgan fingerprint density at radius 1 is 0.872 bits per heavy atom. The molecular weight excluding hydrogens is 665 g/mol. The van der Waals surface area contributed by atoms with Gasteiger partial charge in [0.2, 0.25) is 0 Å². The molecule has 4 heterocycles. The Morgan fingerprint density at radius 2 is 1.72 bits per heavy atom. The second kappa shape index (κ2) is 8.75. The number of hydrogen-bond acceptors (Lipinski definition) is 4. The van der Waals surface area contributed by atoms with Crippen LogP contribution in [-0.2, 0) is 21.1 Å². The van der Waals surface area contributed by atoms with Crippen LogP contribution in [0.1, 0.15) is 9.68 Å². The first-order valence-electron chi connectivity index (χ1n) is 13.7. The van der Waals surface area contributed by atoms with Crippen LogP contribution in [0.5, 0.6) is 5.75 Å². The van der Waals surface area contributed by atoms with Gasteiger partial charge in [0.15, 0.2) is 5.65 Å². The number of aryl methyl sites for hydroxylation is 1. The molecule has 0 atom stereocenters. The number of fused-ring (bicyclic) bond motifs is 8. The Kier molecular flexibility index (Phi) is 4.58. The van der Waals surface area contributed by atoms with Crippen molar-refractivity contribution in [3.8, 4) is 22.8 Å². The molecule has 0 radical (unpaired) electrons. The van der Waals surface area contributed by atoms with Gasteiger partial charge in [-0.1, -0.05) is 41.9 Å². The van der Waals surface area contributed by atoms with Crippen molar-refractivity contribution in [3.05, 3.63) is 109 Å². The Hall–Kier alpha value is -4.54. The van der Waals surface area contributed by atoms with E-state index < -0.39 is 6.85 Å². The first-order valence-corrected chi connectivity index (χ1v) is 12.2. The number of hydrogen-bond donors (Lipinski definition) is 1. The number of pyridine rings is 1. The standard InChI is InChI=1S/C32H20N5O.Pt/c1-19-16-24(34-29(17-19)37-25-12-4-2-8-20(25)21-9-3-5-13-26(21)37)22-10-6-14-27-31(22)35-32-30-23(33-18-36(27)32)11-7-15-28(30)38;/h2-12,14-18,38H,1H3;/q-1;/i1D3;. The van der Waals surface area contributed by atoms with Crippen LogP contribution in [0, 0.1) is 12.9 Å². The summed E-state index contributed by atoms with van der Waals surface area (Å²) in [7, 11) is 0. The van der Waals surface area contributed by atoms with Gasteiger partial charge in [0.25, 0.3) is 0 Å². The van der Waals surface area contributed by atoms with Crippen molar-refractivity contribution in [1.29, 1.82) is 0 Å². The SMILES string of the molecule is [2H]C([2H])([2H])c1cc(-c2cccc3c2nc2c4c(O)cccc4ncn32)nc(-n2c3[c-]cccc3c3ccccc32)c1.[Pt]. The summed E-state index contributed by atoms with van der Waals surface area (Å²) in [4.78, 5) is 14.5. The molecule has 1 N–H and O–H groups in total. The second-order valence-electron chi connectivity index (χ2n) is 9.28. The van der Waals surface area contributed by atoms with E-state index in [9.17, 15) is 5.11 Å². The van der Waals surface area contributed by atoms with Crippen LogP contribution in [0.25, 0.3) is 66.5 Å². The van der Waals surface area contributed by atoms with Crippen molar-refractivity contribution in [2.75, 3.05) is 0 Å². The topological polar surface area (TPSA) is 68.2 Å². The molecule has 4 aromatic heterocycles. The molecular formula is C32H20N5OPt-. The molecule has 6 nitrogen and oxygen atoms in total. The average Bonchev–Trinajstić information content (AvgIpc) is 3.52. The second-order valence-corrected chi connectivity index (χ2v) is 9.28. The molecule has 0 spiro atoms. The van der Waals surface area contributed by atoms with E-state index in [2.05, 4.69) is 11.1 Å². The third-order valence-corrected chi connectivity index (χ3v) is 7.09. The van der Waals surface area contributed by atoms with Crippen molar-refractivity contribution in [2.45, 2.75) is 6.85 Å². The quantitative estimate of drug-likeness (QED) is 0.199. The van der Waals surface area contributed by atoms with Crippen LogP contribution in [-0.4, -0.2) is 29.0 Å². The Balaban J connectivity index is 0.00000288. The van der Waals surface area contributed by atoms with Crippen LogP contribution in [0.4, 0.5) is 0 Å². The van der Waals surface area contributed by atoms with Crippen molar-refractivity contribution in [2.24, 2.45) is 0 Å². The van der Waals surface area contributed by atoms with Crippen LogP contribution < -0.4 is 0 Å². The number of benzene rings is 4. The minimum absolute atomic E-state index is 0. The maximum atomic E-state index is 10.6. The molecule has 0 aliphatic heterocycles. The van der Waals surface area contributed by atoms with E-state index in [0.717, 1.165) is 27.3 Å². The van der Waals surface area contributed by atoms with Gasteiger partial charge in [0.1, 0.15) is 17.9 Å². The van der Waals surface area contributed by atoms with Gasteiger partial charge in [0.05, 0.1) is 27.6 Å². The van der Waals surface area contributed by atoms with Crippen LogP contribution in [0.2, 0.25) is 0 Å². The molecule has 8 rings (SSSR count). The zero-order chi connectivity index (χ0) is 27.9. The molecule has 7 heteroatoms. The zero-order valence-electron chi connectivity index (χ0n) is 23.2. The number of phenolic OH excluding ortho intramolecular Hbond substituents is 1. The number of rotatable bonds is 2. The summed E-state index contributed by atoms with van der Waals surface area (Å²) in [6.45, 7) is -2.37. The summed E-state index contributed by atoms with van der Waals surface area (Å²) in [5, 5.41) is 13.2. The molecule has 8 aromatic rings.